The molecule has 0 spiro atoms. The van der Waals surface area contributed by atoms with Gasteiger partial charge in [0.05, 0.1) is 12.8 Å². The van der Waals surface area contributed by atoms with Crippen molar-refractivity contribution in [1.29, 1.82) is 0 Å². The molecule has 0 unspecified atom stereocenters. The summed E-state index contributed by atoms with van der Waals surface area (Å²) in [7, 11) is -0.626. The quantitative estimate of drug-likeness (QED) is 0.526. The lowest BCUT2D eigenvalue weighted by Gasteiger charge is -2.20. The molecule has 0 radical (unpaired) electrons. The van der Waals surface area contributed by atoms with Gasteiger partial charge in [0.2, 0.25) is 0 Å². The van der Waals surface area contributed by atoms with Crippen molar-refractivity contribution in [3.63, 3.8) is 0 Å². The zero-order valence-corrected chi connectivity index (χ0v) is 12.2. The number of nitrogens with one attached hydrogen (secondary N) is 1. The number of carbonyl (C=O) groups is 2. The minimum absolute atomic E-state index is 0.00807. The van der Waals surface area contributed by atoms with Crippen molar-refractivity contribution >= 4 is 30.3 Å². The van der Waals surface area contributed by atoms with Crippen molar-refractivity contribution in [3.8, 4) is 0 Å². The molecular weight excluding hydrogens is 279 g/mol. The van der Waals surface area contributed by atoms with Gasteiger partial charge in [-0.05, 0) is 26.8 Å². The van der Waals surface area contributed by atoms with E-state index in [0.717, 1.165) is 13.3 Å². The van der Waals surface area contributed by atoms with Crippen molar-refractivity contribution in [2.24, 2.45) is 0 Å². The zero-order chi connectivity index (χ0) is 16.2. The second-order valence-electron chi connectivity index (χ2n) is 5.16. The van der Waals surface area contributed by atoms with Crippen molar-refractivity contribution < 1.29 is 29.1 Å². The van der Waals surface area contributed by atoms with Crippen molar-refractivity contribution in [2.75, 3.05) is 12.4 Å². The summed E-state index contributed by atoms with van der Waals surface area (Å²) in [6.07, 6.45) is 0.288. The fraction of sp³-hybridized carbons (Fsp3) is 0.417. The first kappa shape index (κ1) is 16.9. The Morgan fingerprint density at radius 1 is 1.33 bits per heavy atom. The van der Waals surface area contributed by atoms with Gasteiger partial charge in [-0.3, -0.25) is 5.32 Å². The van der Waals surface area contributed by atoms with Crippen molar-refractivity contribution in [1.82, 2.24) is 4.98 Å². The van der Waals surface area contributed by atoms with Crippen molar-refractivity contribution in [3.05, 3.63) is 18.0 Å². The predicted molar refractivity (Wildman–Crippen MR) is 75.3 cm³/mol. The normalized spacial score (nSPS) is 10.8. The summed E-state index contributed by atoms with van der Waals surface area (Å²) in [5.41, 5.74) is -0.931. The number of aromatic nitrogens is 1. The monoisotopic (exact) mass is 296 g/mol. The number of hydrogen-bond acceptors (Lipinski definition) is 7. The van der Waals surface area contributed by atoms with Crippen LogP contribution in [0.3, 0.4) is 0 Å². The van der Waals surface area contributed by atoms with Gasteiger partial charge in [0.15, 0.2) is 5.69 Å². The van der Waals surface area contributed by atoms with Crippen LogP contribution in [0.5, 0.6) is 0 Å². The highest BCUT2D eigenvalue weighted by Crippen LogP contribution is 2.15. The van der Waals surface area contributed by atoms with Crippen LogP contribution in [0.15, 0.2) is 12.3 Å². The molecular formula is C12H17BN2O6. The van der Waals surface area contributed by atoms with E-state index in [1.165, 1.54) is 6.07 Å². The number of hydrogen-bond donors (Lipinski definition) is 3. The average Bonchev–Trinajstić information content (AvgIpc) is 2.35. The standard InChI is InChI=1S/C12H17BN2O6/c1-12(2,3)21-11(17)15-8-5-7(13(18)19)6-14-9(8)10(16)20-4/h5-6,18-19H,1-4H3,(H,15,17). The molecule has 1 aromatic rings. The van der Waals surface area contributed by atoms with Crippen molar-refractivity contribution in [2.45, 2.75) is 26.4 Å². The van der Waals surface area contributed by atoms with Gasteiger partial charge in [0.1, 0.15) is 5.60 Å². The zero-order valence-electron chi connectivity index (χ0n) is 12.2. The maximum Gasteiger partial charge on any atom is 0.490 e. The van der Waals surface area contributed by atoms with Gasteiger partial charge >= 0.3 is 19.2 Å². The first-order chi connectivity index (χ1) is 9.64. The lowest BCUT2D eigenvalue weighted by molar-refractivity contribution is 0.0595. The number of nitrogens with zero attached hydrogens (tertiary/aromatic N) is 1. The highest BCUT2D eigenvalue weighted by molar-refractivity contribution is 6.58. The molecule has 0 saturated carbocycles. The van der Waals surface area contributed by atoms with E-state index in [-0.39, 0.29) is 16.8 Å². The topological polar surface area (TPSA) is 118 Å². The Kier molecular flexibility index (Phi) is 5.28. The smallest absolute Gasteiger partial charge is 0.464 e. The van der Waals surface area contributed by atoms with Gasteiger partial charge in [0.25, 0.3) is 0 Å². The van der Waals surface area contributed by atoms with Crippen LogP contribution in [-0.4, -0.2) is 46.9 Å². The number of carbonyl (C=O) groups excluding carboxylic acids is 2. The van der Waals surface area contributed by atoms with Gasteiger partial charge < -0.3 is 19.5 Å². The molecule has 0 saturated heterocycles. The van der Waals surface area contributed by atoms with E-state index in [1.54, 1.807) is 20.8 Å². The Morgan fingerprint density at radius 2 is 1.95 bits per heavy atom. The third-order valence-electron chi connectivity index (χ3n) is 2.22. The molecule has 1 heterocycles. The Morgan fingerprint density at radius 3 is 2.43 bits per heavy atom. The molecule has 8 nitrogen and oxygen atoms in total. The molecule has 0 bridgehead atoms. The summed E-state index contributed by atoms with van der Waals surface area (Å²) < 4.78 is 9.60. The molecule has 1 rings (SSSR count). The van der Waals surface area contributed by atoms with E-state index in [0.29, 0.717) is 0 Å². The van der Waals surface area contributed by atoms with E-state index >= 15 is 0 Å². The highest BCUT2D eigenvalue weighted by Gasteiger charge is 2.22. The van der Waals surface area contributed by atoms with E-state index in [4.69, 9.17) is 14.8 Å². The maximum atomic E-state index is 11.7. The number of anilines is 1. The molecule has 9 heteroatoms. The largest absolute Gasteiger partial charge is 0.490 e. The number of pyridine rings is 1. The van der Waals surface area contributed by atoms with Crippen LogP contribution in [0.1, 0.15) is 31.3 Å². The maximum absolute atomic E-state index is 11.7. The van der Waals surface area contributed by atoms with Crippen LogP contribution in [0.2, 0.25) is 0 Å². The van der Waals surface area contributed by atoms with Gasteiger partial charge in [-0.15, -0.1) is 0 Å². The number of ether oxygens (including phenoxy) is 2. The fourth-order valence-corrected chi connectivity index (χ4v) is 1.39. The van der Waals surface area contributed by atoms with Crippen LogP contribution in [0, 0.1) is 0 Å². The predicted octanol–water partition coefficient (Wildman–Crippen LogP) is -0.105. The minimum Gasteiger partial charge on any atom is -0.464 e. The summed E-state index contributed by atoms with van der Waals surface area (Å²) in [5.74, 6) is -0.778. The lowest BCUT2D eigenvalue weighted by Crippen LogP contribution is -2.33. The van der Waals surface area contributed by atoms with E-state index in [9.17, 15) is 9.59 Å². The molecule has 0 aliphatic heterocycles. The molecule has 0 fully saturated rings. The van der Waals surface area contributed by atoms with Crippen LogP contribution in [-0.2, 0) is 9.47 Å². The summed E-state index contributed by atoms with van der Waals surface area (Å²) in [6.45, 7) is 5.04. The summed E-state index contributed by atoms with van der Waals surface area (Å²) in [4.78, 5) is 27.1. The molecule has 0 aliphatic carbocycles. The van der Waals surface area contributed by atoms with Gasteiger partial charge in [0, 0.05) is 11.7 Å². The Labute approximate surface area is 122 Å². The summed E-state index contributed by atoms with van der Waals surface area (Å²) >= 11 is 0. The molecule has 3 N–H and O–H groups in total. The molecule has 114 valence electrons. The highest BCUT2D eigenvalue weighted by atomic mass is 16.6. The third kappa shape index (κ3) is 5.05. The first-order valence-electron chi connectivity index (χ1n) is 6.08. The van der Waals surface area contributed by atoms with Gasteiger partial charge in [-0.2, -0.15) is 0 Å². The summed E-state index contributed by atoms with van der Waals surface area (Å²) in [5, 5.41) is 20.6. The fourth-order valence-electron chi connectivity index (χ4n) is 1.39. The summed E-state index contributed by atoms with van der Waals surface area (Å²) in [6, 6.07) is 1.20. The van der Waals surface area contributed by atoms with Crippen LogP contribution in [0.4, 0.5) is 10.5 Å². The number of esters is 1. The molecule has 0 aromatic carbocycles. The van der Waals surface area contributed by atoms with E-state index in [1.807, 2.05) is 0 Å². The van der Waals surface area contributed by atoms with Gasteiger partial charge in [-0.1, -0.05) is 0 Å². The minimum atomic E-state index is -1.79. The molecule has 1 aromatic heterocycles. The van der Waals surface area contributed by atoms with E-state index in [2.05, 4.69) is 15.0 Å². The van der Waals surface area contributed by atoms with Gasteiger partial charge in [-0.25, -0.2) is 14.6 Å². The molecule has 0 aliphatic rings. The van der Waals surface area contributed by atoms with Crippen LogP contribution < -0.4 is 10.8 Å². The second kappa shape index (κ2) is 6.55. The van der Waals surface area contributed by atoms with E-state index < -0.39 is 24.8 Å². The SMILES string of the molecule is COC(=O)c1ncc(B(O)O)cc1NC(=O)OC(C)(C)C. The Bertz CT molecular complexity index is 541. The number of rotatable bonds is 3. The van der Waals surface area contributed by atoms with Crippen LogP contribution >= 0.6 is 0 Å². The number of methoxy groups -OCH3 is 1. The Hall–Kier alpha value is -2.13. The Balaban J connectivity index is 3.09. The number of amides is 1. The lowest BCUT2D eigenvalue weighted by atomic mass is 9.81. The molecule has 1 amide bonds. The second-order valence-corrected chi connectivity index (χ2v) is 5.16. The molecule has 21 heavy (non-hydrogen) atoms. The average molecular weight is 296 g/mol. The van der Waals surface area contributed by atoms with Crippen LogP contribution in [0.25, 0.3) is 0 Å². The molecule has 0 atom stereocenters. The first-order valence-corrected chi connectivity index (χ1v) is 6.08. The third-order valence-corrected chi connectivity index (χ3v) is 2.22.